The Morgan fingerprint density at radius 2 is 2.33 bits per heavy atom. The van der Waals surface area contributed by atoms with Gasteiger partial charge in [-0.15, -0.1) is 5.10 Å². The Morgan fingerprint density at radius 1 is 1.53 bits per heavy atom. The molecule has 0 fully saturated rings. The van der Waals surface area contributed by atoms with Crippen LogP contribution in [0, 0.1) is 0 Å². The Hall–Kier alpha value is -1.12. The molecule has 2 aromatic heterocycles. The van der Waals surface area contributed by atoms with Crippen LogP contribution in [0.5, 0.6) is 0 Å². The molecule has 0 spiro atoms. The van der Waals surface area contributed by atoms with Gasteiger partial charge in [-0.3, -0.25) is 4.18 Å². The van der Waals surface area contributed by atoms with Crippen LogP contribution < -0.4 is 0 Å². The standard InChI is InChI=1S/C7H7N3O3S2/c1-15(11,12)13-4-5-2-6-7(8-3-5)14-10-9-6/h2-3H,4H2,1H3. The van der Waals surface area contributed by atoms with E-state index in [0.717, 1.165) is 11.1 Å². The van der Waals surface area contributed by atoms with Gasteiger partial charge in [0.2, 0.25) is 0 Å². The number of fused-ring (bicyclic) bond motifs is 1. The lowest BCUT2D eigenvalue weighted by Gasteiger charge is -2.00. The molecule has 0 aliphatic carbocycles. The van der Waals surface area contributed by atoms with E-state index in [1.54, 1.807) is 12.3 Å². The van der Waals surface area contributed by atoms with Gasteiger partial charge in [-0.1, -0.05) is 4.49 Å². The lowest BCUT2D eigenvalue weighted by Crippen LogP contribution is -2.02. The molecule has 0 aliphatic heterocycles. The van der Waals surface area contributed by atoms with E-state index >= 15 is 0 Å². The van der Waals surface area contributed by atoms with Crippen LogP contribution in [0.1, 0.15) is 5.56 Å². The van der Waals surface area contributed by atoms with E-state index in [0.29, 0.717) is 11.1 Å². The zero-order valence-corrected chi connectivity index (χ0v) is 9.38. The summed E-state index contributed by atoms with van der Waals surface area (Å²) in [5.74, 6) is 0. The molecular formula is C7H7N3O3S2. The molecule has 6 nitrogen and oxygen atoms in total. The van der Waals surface area contributed by atoms with Crippen LogP contribution in [0.25, 0.3) is 10.3 Å². The van der Waals surface area contributed by atoms with Crippen LogP contribution in [-0.4, -0.2) is 29.2 Å². The fraction of sp³-hybridized carbons (Fsp3) is 0.286. The highest BCUT2D eigenvalue weighted by atomic mass is 32.2. The molecule has 0 saturated carbocycles. The molecule has 0 atom stereocenters. The summed E-state index contributed by atoms with van der Waals surface area (Å²) in [4.78, 5) is 4.78. The van der Waals surface area contributed by atoms with Crippen molar-refractivity contribution in [2.45, 2.75) is 6.61 Å². The predicted molar refractivity (Wildman–Crippen MR) is 54.8 cm³/mol. The average Bonchev–Trinajstić information content (AvgIpc) is 2.60. The first-order valence-corrected chi connectivity index (χ1v) is 6.55. The van der Waals surface area contributed by atoms with Crippen LogP contribution in [-0.2, 0) is 20.9 Å². The number of pyridine rings is 1. The van der Waals surface area contributed by atoms with E-state index in [-0.39, 0.29) is 6.61 Å². The largest absolute Gasteiger partial charge is 0.265 e. The summed E-state index contributed by atoms with van der Waals surface area (Å²) in [5, 5.41) is 3.82. The highest BCUT2D eigenvalue weighted by molar-refractivity contribution is 7.85. The van der Waals surface area contributed by atoms with Crippen LogP contribution in [0.4, 0.5) is 0 Å². The van der Waals surface area contributed by atoms with Gasteiger partial charge in [-0.05, 0) is 11.6 Å². The lowest BCUT2D eigenvalue weighted by atomic mass is 10.3. The van der Waals surface area contributed by atoms with E-state index in [1.807, 2.05) is 0 Å². The topological polar surface area (TPSA) is 82.0 Å². The van der Waals surface area contributed by atoms with Crippen molar-refractivity contribution in [3.05, 3.63) is 17.8 Å². The second-order valence-electron chi connectivity index (χ2n) is 2.91. The van der Waals surface area contributed by atoms with Crippen LogP contribution in [0.3, 0.4) is 0 Å². The summed E-state index contributed by atoms with van der Waals surface area (Å²) < 4.78 is 29.8. The van der Waals surface area contributed by atoms with Gasteiger partial charge >= 0.3 is 0 Å². The summed E-state index contributed by atoms with van der Waals surface area (Å²) in [5.41, 5.74) is 1.30. The Bertz CT molecular complexity index is 578. The molecule has 0 N–H and O–H groups in total. The first kappa shape index (κ1) is 10.4. The third kappa shape index (κ3) is 2.67. The summed E-state index contributed by atoms with van der Waals surface area (Å²) in [7, 11) is -3.42. The molecule has 15 heavy (non-hydrogen) atoms. The van der Waals surface area contributed by atoms with Gasteiger partial charge in [0, 0.05) is 17.7 Å². The minimum Gasteiger partial charge on any atom is -0.265 e. The maximum absolute atomic E-state index is 10.7. The summed E-state index contributed by atoms with van der Waals surface area (Å²) in [6, 6.07) is 1.71. The van der Waals surface area contributed by atoms with Crippen molar-refractivity contribution in [3.8, 4) is 0 Å². The molecule has 0 radical (unpaired) electrons. The second-order valence-corrected chi connectivity index (χ2v) is 5.28. The molecule has 2 heterocycles. The normalized spacial score (nSPS) is 12.1. The lowest BCUT2D eigenvalue weighted by molar-refractivity contribution is 0.311. The van der Waals surface area contributed by atoms with Gasteiger partial charge in [-0.25, -0.2) is 4.98 Å². The van der Waals surface area contributed by atoms with Crippen molar-refractivity contribution in [2.24, 2.45) is 0 Å². The molecule has 0 unspecified atom stereocenters. The van der Waals surface area contributed by atoms with Crippen molar-refractivity contribution in [1.82, 2.24) is 14.6 Å². The highest BCUT2D eigenvalue weighted by Gasteiger charge is 2.05. The van der Waals surface area contributed by atoms with E-state index in [4.69, 9.17) is 0 Å². The van der Waals surface area contributed by atoms with Crippen molar-refractivity contribution >= 4 is 32.0 Å². The van der Waals surface area contributed by atoms with Crippen molar-refractivity contribution in [3.63, 3.8) is 0 Å². The third-order valence-electron chi connectivity index (χ3n) is 1.60. The molecule has 2 rings (SSSR count). The van der Waals surface area contributed by atoms with E-state index < -0.39 is 10.1 Å². The Kier molecular flexibility index (Phi) is 2.63. The van der Waals surface area contributed by atoms with Gasteiger partial charge in [-0.2, -0.15) is 8.42 Å². The van der Waals surface area contributed by atoms with Gasteiger partial charge in [0.25, 0.3) is 10.1 Å². The fourth-order valence-electron chi connectivity index (χ4n) is 0.981. The third-order valence-corrected chi connectivity index (χ3v) is 2.80. The van der Waals surface area contributed by atoms with E-state index in [9.17, 15) is 8.42 Å². The molecule has 80 valence electrons. The second kappa shape index (κ2) is 3.80. The van der Waals surface area contributed by atoms with E-state index in [2.05, 4.69) is 18.8 Å². The van der Waals surface area contributed by atoms with Gasteiger partial charge < -0.3 is 0 Å². The summed E-state index contributed by atoms with van der Waals surface area (Å²) in [6.07, 6.45) is 2.55. The maximum Gasteiger partial charge on any atom is 0.264 e. The molecule has 2 aromatic rings. The summed E-state index contributed by atoms with van der Waals surface area (Å²) in [6.45, 7) is -0.0285. The number of hydrogen-bond donors (Lipinski definition) is 0. The first-order valence-electron chi connectivity index (χ1n) is 3.96. The number of hydrogen-bond acceptors (Lipinski definition) is 7. The number of rotatable bonds is 3. The minimum absolute atomic E-state index is 0.0285. The van der Waals surface area contributed by atoms with Crippen molar-refractivity contribution in [2.75, 3.05) is 6.26 Å². The van der Waals surface area contributed by atoms with Crippen LogP contribution in [0.15, 0.2) is 12.3 Å². The van der Waals surface area contributed by atoms with Gasteiger partial charge in [0.05, 0.1) is 12.9 Å². The zero-order chi connectivity index (χ0) is 10.9. The van der Waals surface area contributed by atoms with Gasteiger partial charge in [0.1, 0.15) is 5.52 Å². The first-order chi connectivity index (χ1) is 7.04. The van der Waals surface area contributed by atoms with Crippen molar-refractivity contribution in [1.29, 1.82) is 0 Å². The molecular weight excluding hydrogens is 238 g/mol. The Labute approximate surface area is 90.2 Å². The van der Waals surface area contributed by atoms with Gasteiger partial charge in [0.15, 0.2) is 4.83 Å². The quantitative estimate of drug-likeness (QED) is 0.735. The van der Waals surface area contributed by atoms with Crippen LogP contribution >= 0.6 is 11.5 Å². The SMILES string of the molecule is CS(=O)(=O)OCc1cnc2snnc2c1. The minimum atomic E-state index is -3.42. The van der Waals surface area contributed by atoms with E-state index in [1.165, 1.54) is 11.5 Å². The zero-order valence-electron chi connectivity index (χ0n) is 7.74. The molecule has 0 saturated heterocycles. The Morgan fingerprint density at radius 3 is 3.07 bits per heavy atom. The molecule has 0 amide bonds. The molecule has 8 heteroatoms. The number of aromatic nitrogens is 3. The predicted octanol–water partition coefficient (Wildman–Crippen LogP) is 0.563. The highest BCUT2D eigenvalue weighted by Crippen LogP contribution is 2.14. The molecule has 0 aliphatic rings. The maximum atomic E-state index is 10.7. The summed E-state index contributed by atoms with van der Waals surface area (Å²) >= 11 is 1.19. The smallest absolute Gasteiger partial charge is 0.264 e. The molecule has 0 aromatic carbocycles. The van der Waals surface area contributed by atoms with Crippen molar-refractivity contribution < 1.29 is 12.6 Å². The molecule has 0 bridgehead atoms. The average molecular weight is 245 g/mol. The van der Waals surface area contributed by atoms with Crippen LogP contribution in [0.2, 0.25) is 0 Å². The Balaban J connectivity index is 2.21. The monoisotopic (exact) mass is 245 g/mol. The number of nitrogens with zero attached hydrogens (tertiary/aromatic N) is 3. The fourth-order valence-corrected chi connectivity index (χ4v) is 1.83.